The first kappa shape index (κ1) is 17.9. The summed E-state index contributed by atoms with van der Waals surface area (Å²) in [5, 5.41) is 0. The second kappa shape index (κ2) is 8.33. The van der Waals surface area contributed by atoms with Gasteiger partial charge >= 0.3 is 5.97 Å². The lowest BCUT2D eigenvalue weighted by Gasteiger charge is -2.10. The number of carbonyl (C=O) groups excluding carboxylic acids is 1. The van der Waals surface area contributed by atoms with Crippen LogP contribution in [0.15, 0.2) is 29.2 Å². The lowest BCUT2D eigenvalue weighted by molar-refractivity contribution is 0.0298. The Morgan fingerprint density at radius 1 is 1.24 bits per heavy atom. The molecule has 8 heteroatoms. The Morgan fingerprint density at radius 2 is 1.95 bits per heavy atom. The smallest absolute Gasteiger partial charge is 0.338 e. The van der Waals surface area contributed by atoms with Gasteiger partial charge in [0.2, 0.25) is 0 Å². The quantitative estimate of drug-likeness (QED) is 0.405. The number of hydrogen-bond acceptors (Lipinski definition) is 6. The van der Waals surface area contributed by atoms with Gasteiger partial charge in [0.15, 0.2) is 0 Å². The van der Waals surface area contributed by atoms with Crippen LogP contribution in [0.25, 0.3) is 0 Å². The van der Waals surface area contributed by atoms with E-state index in [1.54, 1.807) is 0 Å². The maximum absolute atomic E-state index is 11.7. The van der Waals surface area contributed by atoms with Crippen molar-refractivity contribution in [3.63, 3.8) is 0 Å². The number of carbonyl (C=O) groups is 1. The van der Waals surface area contributed by atoms with Gasteiger partial charge in [-0.2, -0.15) is 0 Å². The molecule has 0 spiro atoms. The Bertz CT molecular complexity index is 574. The van der Waals surface area contributed by atoms with Crippen LogP contribution in [-0.2, 0) is 18.5 Å². The molecule has 1 rings (SSSR count). The summed E-state index contributed by atoms with van der Waals surface area (Å²) in [6.07, 6.45) is 0. The summed E-state index contributed by atoms with van der Waals surface area (Å²) < 4.78 is 32.6. The summed E-state index contributed by atoms with van der Waals surface area (Å²) in [5.74, 6) is -0.617. The molecule has 0 saturated heterocycles. The Kier molecular flexibility index (Phi) is 7.10. The first-order valence-corrected chi connectivity index (χ1v) is 8.56. The highest BCUT2D eigenvalue weighted by Crippen LogP contribution is 2.16. The molecule has 0 amide bonds. The largest absolute Gasteiger partial charge is 0.460 e. The fourth-order valence-electron chi connectivity index (χ4n) is 1.40. The molecule has 0 atom stereocenters. The first-order valence-electron chi connectivity index (χ1n) is 6.25. The second-order valence-corrected chi connectivity index (χ2v) is 7.08. The van der Waals surface area contributed by atoms with Gasteiger partial charge in [-0.25, -0.2) is 13.2 Å². The number of benzene rings is 1. The van der Waals surface area contributed by atoms with Crippen LogP contribution in [0.2, 0.25) is 0 Å². The van der Waals surface area contributed by atoms with Gasteiger partial charge in [0, 0.05) is 17.2 Å². The van der Waals surface area contributed by atoms with Crippen LogP contribution in [-0.4, -0.2) is 59.7 Å². The summed E-state index contributed by atoms with van der Waals surface area (Å²) in [6, 6.07) is 5.38. The van der Waals surface area contributed by atoms with E-state index < -0.39 is 15.0 Å². The zero-order valence-electron chi connectivity index (χ0n) is 11.9. The van der Waals surface area contributed by atoms with E-state index >= 15 is 0 Å². The van der Waals surface area contributed by atoms with Gasteiger partial charge in [-0.3, -0.25) is 0 Å². The van der Waals surface area contributed by atoms with Crippen molar-refractivity contribution in [3.05, 3.63) is 29.8 Å². The van der Waals surface area contributed by atoms with Gasteiger partial charge in [-0.15, -0.1) is 0 Å². The molecule has 118 valence electrons. The molecule has 0 unspecified atom stereocenters. The summed E-state index contributed by atoms with van der Waals surface area (Å²) in [5.41, 5.74) is 0.130. The van der Waals surface area contributed by atoms with Crippen LogP contribution in [0.5, 0.6) is 0 Å². The Labute approximate surface area is 129 Å². The summed E-state index contributed by atoms with van der Waals surface area (Å²) in [4.78, 5) is 13.6. The highest BCUT2D eigenvalue weighted by molar-refractivity contribution is 8.13. The maximum atomic E-state index is 11.7. The molecular formula is C13H18ClNO5S. The SMILES string of the molecule is CN(C)CCOCCOC(=O)c1cccc(S(=O)(=O)Cl)c1. The monoisotopic (exact) mass is 335 g/mol. The van der Waals surface area contributed by atoms with Crippen LogP contribution in [0.4, 0.5) is 0 Å². The predicted octanol–water partition coefficient (Wildman–Crippen LogP) is 1.35. The minimum atomic E-state index is -3.86. The summed E-state index contributed by atoms with van der Waals surface area (Å²) in [7, 11) is 5.22. The van der Waals surface area contributed by atoms with Crippen LogP contribution < -0.4 is 0 Å². The van der Waals surface area contributed by atoms with Crippen LogP contribution in [0.1, 0.15) is 10.4 Å². The number of nitrogens with zero attached hydrogens (tertiary/aromatic N) is 1. The van der Waals surface area contributed by atoms with Crippen LogP contribution in [0, 0.1) is 0 Å². The molecule has 0 saturated carbocycles. The van der Waals surface area contributed by atoms with E-state index in [-0.39, 0.29) is 23.7 Å². The molecule has 1 aromatic rings. The Hall–Kier alpha value is -1.15. The molecule has 0 radical (unpaired) electrons. The van der Waals surface area contributed by atoms with E-state index in [1.807, 2.05) is 19.0 Å². The molecule has 0 aliphatic carbocycles. The minimum Gasteiger partial charge on any atom is -0.460 e. The zero-order chi connectivity index (χ0) is 15.9. The molecule has 21 heavy (non-hydrogen) atoms. The number of halogens is 1. The molecule has 0 aliphatic heterocycles. The van der Waals surface area contributed by atoms with Crippen molar-refractivity contribution in [3.8, 4) is 0 Å². The fourth-order valence-corrected chi connectivity index (χ4v) is 2.20. The van der Waals surface area contributed by atoms with E-state index in [1.165, 1.54) is 24.3 Å². The molecule has 0 aliphatic rings. The average Bonchev–Trinajstić information content (AvgIpc) is 2.41. The number of esters is 1. The summed E-state index contributed by atoms with van der Waals surface area (Å²) in [6.45, 7) is 1.71. The number of ether oxygens (including phenoxy) is 2. The Balaban J connectivity index is 2.43. The standard InChI is InChI=1S/C13H18ClNO5S/c1-15(2)6-7-19-8-9-20-13(16)11-4-3-5-12(10-11)21(14,17)18/h3-5,10H,6-9H2,1-2H3. The highest BCUT2D eigenvalue weighted by atomic mass is 35.7. The molecule has 0 heterocycles. The predicted molar refractivity (Wildman–Crippen MR) is 79.1 cm³/mol. The van der Waals surface area contributed by atoms with Gasteiger partial charge in [-0.1, -0.05) is 6.07 Å². The minimum absolute atomic E-state index is 0.101. The number of likely N-dealkylation sites (N-methyl/N-ethyl adjacent to an activating group) is 1. The van der Waals surface area contributed by atoms with Crippen LogP contribution >= 0.6 is 10.7 Å². The van der Waals surface area contributed by atoms with Crippen LogP contribution in [0.3, 0.4) is 0 Å². The van der Waals surface area contributed by atoms with Crippen molar-refractivity contribution >= 4 is 25.7 Å². The van der Waals surface area contributed by atoms with E-state index in [0.29, 0.717) is 6.61 Å². The van der Waals surface area contributed by atoms with Gasteiger partial charge < -0.3 is 14.4 Å². The molecule has 1 aromatic carbocycles. The third-order valence-electron chi connectivity index (χ3n) is 2.49. The zero-order valence-corrected chi connectivity index (χ0v) is 13.5. The fraction of sp³-hybridized carbons (Fsp3) is 0.462. The molecule has 6 nitrogen and oxygen atoms in total. The van der Waals surface area contributed by atoms with Crippen molar-refractivity contribution in [2.24, 2.45) is 0 Å². The number of rotatable bonds is 8. The van der Waals surface area contributed by atoms with Crippen molar-refractivity contribution in [1.29, 1.82) is 0 Å². The normalized spacial score (nSPS) is 11.6. The summed E-state index contributed by atoms with van der Waals surface area (Å²) >= 11 is 0. The van der Waals surface area contributed by atoms with Gasteiger partial charge in [0.25, 0.3) is 9.05 Å². The van der Waals surface area contributed by atoms with Crippen molar-refractivity contribution < 1.29 is 22.7 Å². The second-order valence-electron chi connectivity index (χ2n) is 4.52. The van der Waals surface area contributed by atoms with E-state index in [0.717, 1.165) is 6.54 Å². The van der Waals surface area contributed by atoms with Gasteiger partial charge in [0.1, 0.15) is 6.61 Å². The number of hydrogen-bond donors (Lipinski definition) is 0. The maximum Gasteiger partial charge on any atom is 0.338 e. The van der Waals surface area contributed by atoms with Gasteiger partial charge in [-0.05, 0) is 32.3 Å². The van der Waals surface area contributed by atoms with E-state index in [2.05, 4.69) is 0 Å². The molecule has 0 N–H and O–H groups in total. The molecule has 0 bridgehead atoms. The first-order chi connectivity index (χ1) is 9.80. The van der Waals surface area contributed by atoms with Crippen molar-refractivity contribution in [1.82, 2.24) is 4.90 Å². The molecular weight excluding hydrogens is 318 g/mol. The van der Waals surface area contributed by atoms with Crippen molar-refractivity contribution in [2.45, 2.75) is 4.90 Å². The van der Waals surface area contributed by atoms with Gasteiger partial charge in [0.05, 0.1) is 23.7 Å². The third-order valence-corrected chi connectivity index (χ3v) is 3.85. The van der Waals surface area contributed by atoms with E-state index in [9.17, 15) is 13.2 Å². The lowest BCUT2D eigenvalue weighted by atomic mass is 10.2. The highest BCUT2D eigenvalue weighted by Gasteiger charge is 2.14. The average molecular weight is 336 g/mol. The van der Waals surface area contributed by atoms with Crippen molar-refractivity contribution in [2.75, 3.05) is 40.5 Å². The lowest BCUT2D eigenvalue weighted by Crippen LogP contribution is -2.19. The molecule has 0 fully saturated rings. The third kappa shape index (κ3) is 6.90. The Morgan fingerprint density at radius 3 is 2.57 bits per heavy atom. The molecule has 0 aromatic heterocycles. The van der Waals surface area contributed by atoms with E-state index in [4.69, 9.17) is 20.2 Å². The topological polar surface area (TPSA) is 72.9 Å².